The second kappa shape index (κ2) is 6.19. The zero-order chi connectivity index (χ0) is 13.8. The zero-order valence-corrected chi connectivity index (χ0v) is 11.7. The van der Waals surface area contributed by atoms with Gasteiger partial charge < -0.3 is 9.64 Å². The smallest absolute Gasteiger partial charge is 0.305 e. The quantitative estimate of drug-likeness (QED) is 0.663. The first kappa shape index (κ1) is 15.0. The van der Waals surface area contributed by atoms with Crippen molar-refractivity contribution in [3.05, 3.63) is 12.3 Å². The van der Waals surface area contributed by atoms with E-state index in [0.29, 0.717) is 39.0 Å². The molecular weight excluding hydrogens is 256 g/mol. The van der Waals surface area contributed by atoms with Gasteiger partial charge >= 0.3 is 5.97 Å². The Balaban J connectivity index is 2.39. The SMILES string of the molecule is C=C(CCC(=O)OC)N1CCN(S(C)(=O)=O)CC1. The minimum Gasteiger partial charge on any atom is -0.469 e. The predicted molar refractivity (Wildman–Crippen MR) is 68.4 cm³/mol. The number of hydrogen-bond acceptors (Lipinski definition) is 5. The highest BCUT2D eigenvalue weighted by atomic mass is 32.2. The molecule has 1 rings (SSSR count). The first-order valence-electron chi connectivity index (χ1n) is 5.79. The van der Waals surface area contributed by atoms with Crippen LogP contribution in [0.15, 0.2) is 12.3 Å². The summed E-state index contributed by atoms with van der Waals surface area (Å²) in [5.74, 6) is -0.258. The number of carbonyl (C=O) groups excluding carboxylic acids is 1. The Kier molecular flexibility index (Phi) is 5.15. The van der Waals surface area contributed by atoms with Crippen LogP contribution in [0.3, 0.4) is 0 Å². The Bertz CT molecular complexity index is 411. The second-order valence-electron chi connectivity index (χ2n) is 4.29. The summed E-state index contributed by atoms with van der Waals surface area (Å²) in [7, 11) is -1.74. The standard InChI is InChI=1S/C11H20N2O4S/c1-10(4-5-11(14)17-2)12-6-8-13(9-7-12)18(3,15)16/h1,4-9H2,2-3H3. The second-order valence-corrected chi connectivity index (χ2v) is 6.27. The topological polar surface area (TPSA) is 66.9 Å². The summed E-state index contributed by atoms with van der Waals surface area (Å²) < 4.78 is 28.7. The Hall–Kier alpha value is -1.08. The summed E-state index contributed by atoms with van der Waals surface area (Å²) in [6.07, 6.45) is 2.07. The van der Waals surface area contributed by atoms with Gasteiger partial charge in [-0.05, 0) is 6.42 Å². The first-order valence-corrected chi connectivity index (χ1v) is 7.64. The van der Waals surface area contributed by atoms with Crippen molar-refractivity contribution in [2.24, 2.45) is 0 Å². The Labute approximate surface area is 108 Å². The minimum atomic E-state index is -3.10. The molecule has 1 heterocycles. The van der Waals surface area contributed by atoms with Gasteiger partial charge in [-0.2, -0.15) is 4.31 Å². The van der Waals surface area contributed by atoms with Gasteiger partial charge in [-0.25, -0.2) is 8.42 Å². The van der Waals surface area contributed by atoms with E-state index >= 15 is 0 Å². The Morgan fingerprint density at radius 2 is 1.78 bits per heavy atom. The highest BCUT2D eigenvalue weighted by Gasteiger charge is 2.23. The number of allylic oxidation sites excluding steroid dienone is 1. The van der Waals surface area contributed by atoms with Crippen molar-refractivity contribution in [3.8, 4) is 0 Å². The van der Waals surface area contributed by atoms with E-state index in [9.17, 15) is 13.2 Å². The maximum atomic E-state index is 11.3. The van der Waals surface area contributed by atoms with E-state index in [1.165, 1.54) is 17.7 Å². The summed E-state index contributed by atoms with van der Waals surface area (Å²) in [5, 5.41) is 0. The molecule has 1 fully saturated rings. The molecule has 0 unspecified atom stereocenters. The van der Waals surface area contributed by atoms with Gasteiger partial charge in [0.1, 0.15) is 0 Å². The molecule has 1 saturated heterocycles. The molecule has 1 aliphatic heterocycles. The number of methoxy groups -OCH3 is 1. The first-order chi connectivity index (χ1) is 8.34. The Morgan fingerprint density at radius 1 is 1.22 bits per heavy atom. The third-order valence-electron chi connectivity index (χ3n) is 3.00. The number of esters is 1. The maximum absolute atomic E-state index is 11.3. The van der Waals surface area contributed by atoms with Crippen molar-refractivity contribution >= 4 is 16.0 Å². The fraction of sp³-hybridized carbons (Fsp3) is 0.727. The van der Waals surface area contributed by atoms with Crippen molar-refractivity contribution < 1.29 is 17.9 Å². The fourth-order valence-corrected chi connectivity index (χ4v) is 2.67. The molecule has 0 bridgehead atoms. The van der Waals surface area contributed by atoms with E-state index in [2.05, 4.69) is 11.3 Å². The summed E-state index contributed by atoms with van der Waals surface area (Å²) in [6.45, 7) is 6.09. The van der Waals surface area contributed by atoms with Gasteiger partial charge in [-0.3, -0.25) is 4.79 Å². The summed E-state index contributed by atoms with van der Waals surface area (Å²) in [5.41, 5.74) is 0.855. The molecule has 0 amide bonds. The van der Waals surface area contributed by atoms with E-state index in [4.69, 9.17) is 0 Å². The lowest BCUT2D eigenvalue weighted by atomic mass is 10.2. The van der Waals surface area contributed by atoms with Crippen molar-refractivity contribution in [1.82, 2.24) is 9.21 Å². The molecule has 0 aromatic rings. The molecule has 18 heavy (non-hydrogen) atoms. The maximum Gasteiger partial charge on any atom is 0.305 e. The molecule has 0 aromatic carbocycles. The van der Waals surface area contributed by atoms with Crippen LogP contribution in [0.1, 0.15) is 12.8 Å². The molecule has 0 radical (unpaired) electrons. The van der Waals surface area contributed by atoms with Crippen LogP contribution in [0.25, 0.3) is 0 Å². The normalized spacial score (nSPS) is 17.6. The monoisotopic (exact) mass is 276 g/mol. The summed E-state index contributed by atoms with van der Waals surface area (Å²) in [6, 6.07) is 0. The average Bonchev–Trinajstić information content (AvgIpc) is 2.34. The molecule has 0 spiro atoms. The number of carbonyl (C=O) groups is 1. The van der Waals surface area contributed by atoms with Gasteiger partial charge in [0.15, 0.2) is 0 Å². The lowest BCUT2D eigenvalue weighted by molar-refractivity contribution is -0.140. The Morgan fingerprint density at radius 3 is 2.22 bits per heavy atom. The van der Waals surface area contributed by atoms with Gasteiger partial charge in [0, 0.05) is 31.9 Å². The van der Waals surface area contributed by atoms with Crippen LogP contribution in [-0.2, 0) is 19.6 Å². The van der Waals surface area contributed by atoms with E-state index < -0.39 is 10.0 Å². The number of nitrogens with zero attached hydrogens (tertiary/aromatic N) is 2. The molecule has 0 N–H and O–H groups in total. The highest BCUT2D eigenvalue weighted by Crippen LogP contribution is 2.14. The number of hydrogen-bond donors (Lipinski definition) is 0. The average molecular weight is 276 g/mol. The highest BCUT2D eigenvalue weighted by molar-refractivity contribution is 7.88. The van der Waals surface area contributed by atoms with Gasteiger partial charge in [-0.15, -0.1) is 0 Å². The van der Waals surface area contributed by atoms with Crippen LogP contribution in [0.5, 0.6) is 0 Å². The summed E-state index contributed by atoms with van der Waals surface area (Å²) in [4.78, 5) is 13.0. The number of ether oxygens (including phenoxy) is 1. The van der Waals surface area contributed by atoms with Crippen LogP contribution in [0, 0.1) is 0 Å². The fourth-order valence-electron chi connectivity index (χ4n) is 1.84. The lowest BCUT2D eigenvalue weighted by Crippen LogP contribution is -2.47. The zero-order valence-electron chi connectivity index (χ0n) is 10.9. The lowest BCUT2D eigenvalue weighted by Gasteiger charge is -2.35. The van der Waals surface area contributed by atoms with Crippen molar-refractivity contribution in [3.63, 3.8) is 0 Å². The minimum absolute atomic E-state index is 0.258. The molecule has 0 aromatic heterocycles. The van der Waals surface area contributed by atoms with E-state index in [0.717, 1.165) is 5.70 Å². The van der Waals surface area contributed by atoms with Gasteiger partial charge in [-0.1, -0.05) is 6.58 Å². The van der Waals surface area contributed by atoms with Crippen LogP contribution in [0.4, 0.5) is 0 Å². The molecule has 6 nitrogen and oxygen atoms in total. The molecule has 1 aliphatic rings. The molecule has 104 valence electrons. The van der Waals surface area contributed by atoms with E-state index in [1.54, 1.807) is 0 Å². The molecule has 0 saturated carbocycles. The van der Waals surface area contributed by atoms with Crippen LogP contribution >= 0.6 is 0 Å². The summed E-state index contributed by atoms with van der Waals surface area (Å²) >= 11 is 0. The van der Waals surface area contributed by atoms with Crippen LogP contribution in [-0.4, -0.2) is 63.1 Å². The molecule has 0 atom stereocenters. The number of piperazine rings is 1. The van der Waals surface area contributed by atoms with Crippen LogP contribution < -0.4 is 0 Å². The van der Waals surface area contributed by atoms with Crippen LogP contribution in [0.2, 0.25) is 0 Å². The van der Waals surface area contributed by atoms with E-state index in [1.807, 2.05) is 4.90 Å². The number of rotatable bonds is 5. The van der Waals surface area contributed by atoms with Gasteiger partial charge in [0.25, 0.3) is 0 Å². The van der Waals surface area contributed by atoms with E-state index in [-0.39, 0.29) is 5.97 Å². The van der Waals surface area contributed by atoms with Crippen molar-refractivity contribution in [1.29, 1.82) is 0 Å². The molecule has 7 heteroatoms. The molecular formula is C11H20N2O4S. The number of sulfonamides is 1. The predicted octanol–water partition coefficient (Wildman–Crippen LogP) is 0.0305. The third-order valence-corrected chi connectivity index (χ3v) is 4.30. The van der Waals surface area contributed by atoms with Crippen molar-refractivity contribution in [2.75, 3.05) is 39.5 Å². The van der Waals surface area contributed by atoms with Gasteiger partial charge in [0.05, 0.1) is 19.8 Å². The van der Waals surface area contributed by atoms with Crippen molar-refractivity contribution in [2.45, 2.75) is 12.8 Å². The largest absolute Gasteiger partial charge is 0.469 e. The molecule has 0 aliphatic carbocycles. The van der Waals surface area contributed by atoms with Gasteiger partial charge in [0.2, 0.25) is 10.0 Å². The third kappa shape index (κ3) is 4.30.